The molecule has 1 aromatic carbocycles. The van der Waals surface area contributed by atoms with Gasteiger partial charge in [0.15, 0.2) is 0 Å². The largest absolute Gasteiger partial charge is 0.350 e. The van der Waals surface area contributed by atoms with Crippen LogP contribution in [0.1, 0.15) is 34.8 Å². The van der Waals surface area contributed by atoms with Crippen molar-refractivity contribution in [2.75, 3.05) is 19.6 Å². The standard InChI is InChI=1S/C18H20N4O4/c23-17-15(10-14(11-19-17)22(25)26)18(24)20-12-16(21-8-4-5-9-21)13-6-2-1-3-7-13/h1-3,6-7,10-11,16H,4-5,8-9,12H2,(H,19,23)(H,20,24). The third kappa shape index (κ3) is 3.97. The fourth-order valence-electron chi connectivity index (χ4n) is 3.22. The Bertz CT molecular complexity index is 844. The molecule has 1 unspecified atom stereocenters. The molecule has 0 radical (unpaired) electrons. The number of benzene rings is 1. The lowest BCUT2D eigenvalue weighted by molar-refractivity contribution is -0.385. The van der Waals surface area contributed by atoms with Crippen molar-refractivity contribution >= 4 is 11.6 Å². The number of nitrogens with one attached hydrogen (secondary N) is 2. The summed E-state index contributed by atoms with van der Waals surface area (Å²) in [7, 11) is 0. The number of carbonyl (C=O) groups excluding carboxylic acids is 1. The van der Waals surface area contributed by atoms with E-state index >= 15 is 0 Å². The van der Waals surface area contributed by atoms with E-state index in [0.29, 0.717) is 6.54 Å². The highest BCUT2D eigenvalue weighted by Crippen LogP contribution is 2.24. The van der Waals surface area contributed by atoms with Crippen molar-refractivity contribution in [3.63, 3.8) is 0 Å². The van der Waals surface area contributed by atoms with Crippen LogP contribution in [0.15, 0.2) is 47.4 Å². The zero-order valence-electron chi connectivity index (χ0n) is 14.2. The molecule has 2 N–H and O–H groups in total. The first-order valence-electron chi connectivity index (χ1n) is 8.50. The molecule has 8 heteroatoms. The van der Waals surface area contributed by atoms with E-state index in [-0.39, 0.29) is 17.3 Å². The van der Waals surface area contributed by atoms with Gasteiger partial charge in [-0.3, -0.25) is 24.6 Å². The molecule has 0 bridgehead atoms. The number of carbonyl (C=O) groups is 1. The molecule has 0 aliphatic carbocycles. The van der Waals surface area contributed by atoms with Crippen molar-refractivity contribution in [2.45, 2.75) is 18.9 Å². The summed E-state index contributed by atoms with van der Waals surface area (Å²) in [6.07, 6.45) is 3.21. The average Bonchev–Trinajstić information content (AvgIpc) is 3.17. The van der Waals surface area contributed by atoms with Gasteiger partial charge in [0.25, 0.3) is 17.2 Å². The Labute approximate surface area is 150 Å². The number of amides is 1. The van der Waals surface area contributed by atoms with E-state index in [0.717, 1.165) is 43.8 Å². The van der Waals surface area contributed by atoms with Crippen LogP contribution < -0.4 is 10.9 Å². The molecule has 1 aliphatic heterocycles. The maximum atomic E-state index is 12.4. The number of rotatable bonds is 6. The van der Waals surface area contributed by atoms with E-state index in [9.17, 15) is 19.7 Å². The molecule has 0 spiro atoms. The first-order valence-corrected chi connectivity index (χ1v) is 8.50. The smallest absolute Gasteiger partial charge is 0.286 e. The summed E-state index contributed by atoms with van der Waals surface area (Å²) >= 11 is 0. The van der Waals surface area contributed by atoms with Gasteiger partial charge in [-0.1, -0.05) is 30.3 Å². The Morgan fingerprint density at radius 2 is 1.96 bits per heavy atom. The molecule has 1 aliphatic rings. The monoisotopic (exact) mass is 356 g/mol. The van der Waals surface area contributed by atoms with Crippen LogP contribution in [0.4, 0.5) is 5.69 Å². The van der Waals surface area contributed by atoms with E-state index in [1.165, 1.54) is 0 Å². The van der Waals surface area contributed by atoms with Crippen molar-refractivity contribution in [3.8, 4) is 0 Å². The predicted octanol–water partition coefficient (Wildman–Crippen LogP) is 1.85. The fraction of sp³-hybridized carbons (Fsp3) is 0.333. The number of H-pyrrole nitrogens is 1. The summed E-state index contributed by atoms with van der Waals surface area (Å²) in [6, 6.07) is 10.9. The van der Waals surface area contributed by atoms with Gasteiger partial charge in [-0.25, -0.2) is 0 Å². The molecular formula is C18H20N4O4. The minimum absolute atomic E-state index is 0.000398. The summed E-state index contributed by atoms with van der Waals surface area (Å²) in [6.45, 7) is 2.23. The van der Waals surface area contributed by atoms with E-state index < -0.39 is 16.4 Å². The zero-order valence-corrected chi connectivity index (χ0v) is 14.2. The second kappa shape index (κ2) is 7.92. The van der Waals surface area contributed by atoms with Gasteiger partial charge in [-0.05, 0) is 31.5 Å². The summed E-state index contributed by atoms with van der Waals surface area (Å²) in [4.78, 5) is 39.0. The predicted molar refractivity (Wildman–Crippen MR) is 96.0 cm³/mol. The Balaban J connectivity index is 1.77. The Morgan fingerprint density at radius 1 is 1.27 bits per heavy atom. The van der Waals surface area contributed by atoms with E-state index in [1.54, 1.807) is 0 Å². The minimum atomic E-state index is -0.649. The number of hydrogen-bond acceptors (Lipinski definition) is 5. The summed E-state index contributed by atoms with van der Waals surface area (Å²) in [5.74, 6) is -0.616. The molecular weight excluding hydrogens is 336 g/mol. The van der Waals surface area contributed by atoms with Gasteiger partial charge in [0.2, 0.25) is 0 Å². The second-order valence-corrected chi connectivity index (χ2v) is 6.24. The van der Waals surface area contributed by atoms with Gasteiger partial charge in [0.05, 0.1) is 17.2 Å². The molecule has 1 fully saturated rings. The summed E-state index contributed by atoms with van der Waals surface area (Å²) in [5, 5.41) is 13.6. The topological polar surface area (TPSA) is 108 Å². The van der Waals surface area contributed by atoms with Gasteiger partial charge >= 0.3 is 0 Å². The molecule has 136 valence electrons. The zero-order chi connectivity index (χ0) is 18.5. The number of nitrogens with zero attached hydrogens (tertiary/aromatic N) is 2. The summed E-state index contributed by atoms with van der Waals surface area (Å²) < 4.78 is 0. The van der Waals surface area contributed by atoms with E-state index in [1.807, 2.05) is 30.3 Å². The van der Waals surface area contributed by atoms with Crippen LogP contribution in [0.5, 0.6) is 0 Å². The van der Waals surface area contributed by atoms with Crippen LogP contribution in [0.3, 0.4) is 0 Å². The third-order valence-electron chi connectivity index (χ3n) is 4.57. The number of pyridine rings is 1. The number of aromatic amines is 1. The van der Waals surface area contributed by atoms with Gasteiger partial charge < -0.3 is 10.3 Å². The van der Waals surface area contributed by atoms with Crippen molar-refractivity contribution in [2.24, 2.45) is 0 Å². The molecule has 8 nitrogen and oxygen atoms in total. The first-order chi connectivity index (χ1) is 12.6. The lowest BCUT2D eigenvalue weighted by Crippen LogP contribution is -2.38. The summed E-state index contributed by atoms with van der Waals surface area (Å²) in [5.41, 5.74) is -0.144. The molecule has 0 saturated carbocycles. The lowest BCUT2D eigenvalue weighted by Gasteiger charge is -2.28. The van der Waals surface area contributed by atoms with Gasteiger partial charge in [-0.15, -0.1) is 0 Å². The van der Waals surface area contributed by atoms with Crippen LogP contribution in [0.2, 0.25) is 0 Å². The Kier molecular flexibility index (Phi) is 5.43. The number of nitro groups is 1. The van der Waals surface area contributed by atoms with Crippen molar-refractivity contribution in [3.05, 3.63) is 74.2 Å². The van der Waals surface area contributed by atoms with Crippen LogP contribution in [-0.4, -0.2) is 40.3 Å². The fourth-order valence-corrected chi connectivity index (χ4v) is 3.22. The molecule has 3 rings (SSSR count). The first kappa shape index (κ1) is 17.8. The maximum Gasteiger partial charge on any atom is 0.286 e. The van der Waals surface area contributed by atoms with E-state index in [4.69, 9.17) is 0 Å². The number of aromatic nitrogens is 1. The molecule has 1 amide bonds. The lowest BCUT2D eigenvalue weighted by atomic mass is 10.1. The third-order valence-corrected chi connectivity index (χ3v) is 4.57. The van der Waals surface area contributed by atoms with Gasteiger partial charge in [0.1, 0.15) is 5.56 Å². The van der Waals surface area contributed by atoms with E-state index in [2.05, 4.69) is 15.2 Å². The van der Waals surface area contributed by atoms with Gasteiger partial charge in [0, 0.05) is 12.6 Å². The van der Waals surface area contributed by atoms with Gasteiger partial charge in [-0.2, -0.15) is 0 Å². The average molecular weight is 356 g/mol. The number of likely N-dealkylation sites (tertiary alicyclic amines) is 1. The van der Waals surface area contributed by atoms with Crippen LogP contribution in [0.25, 0.3) is 0 Å². The molecule has 26 heavy (non-hydrogen) atoms. The SMILES string of the molecule is O=C(NCC(c1ccccc1)N1CCCC1)c1cc([N+](=O)[O-])c[nH]c1=O. The van der Waals surface area contributed by atoms with Crippen LogP contribution in [-0.2, 0) is 0 Å². The normalized spacial score (nSPS) is 15.5. The van der Waals surface area contributed by atoms with Crippen molar-refractivity contribution < 1.29 is 9.72 Å². The molecule has 2 heterocycles. The highest BCUT2D eigenvalue weighted by atomic mass is 16.6. The number of hydrogen-bond donors (Lipinski definition) is 2. The van der Waals surface area contributed by atoms with Crippen LogP contribution >= 0.6 is 0 Å². The molecule has 1 aromatic heterocycles. The molecule has 1 atom stereocenters. The highest BCUT2D eigenvalue weighted by Gasteiger charge is 2.24. The maximum absolute atomic E-state index is 12.4. The second-order valence-electron chi connectivity index (χ2n) is 6.24. The minimum Gasteiger partial charge on any atom is -0.350 e. The molecule has 1 saturated heterocycles. The quantitative estimate of drug-likeness (QED) is 0.606. The highest BCUT2D eigenvalue weighted by molar-refractivity contribution is 5.94. The Morgan fingerprint density at radius 3 is 2.62 bits per heavy atom. The Hall–Kier alpha value is -3.00. The van der Waals surface area contributed by atoms with Crippen molar-refractivity contribution in [1.82, 2.24) is 15.2 Å². The molecule has 2 aromatic rings. The van der Waals surface area contributed by atoms with Crippen LogP contribution in [0, 0.1) is 10.1 Å². The van der Waals surface area contributed by atoms with Crippen molar-refractivity contribution in [1.29, 1.82) is 0 Å².